The van der Waals surface area contributed by atoms with Crippen LogP contribution in [0.5, 0.6) is 0 Å². The van der Waals surface area contributed by atoms with Gasteiger partial charge >= 0.3 is 0 Å². The number of benzene rings is 1. The highest BCUT2D eigenvalue weighted by molar-refractivity contribution is 5.95. The van der Waals surface area contributed by atoms with Gasteiger partial charge in [-0.25, -0.2) is 0 Å². The van der Waals surface area contributed by atoms with Gasteiger partial charge in [-0.3, -0.25) is 4.79 Å². The van der Waals surface area contributed by atoms with Crippen LogP contribution >= 0.6 is 0 Å². The first kappa shape index (κ1) is 13.2. The number of amides is 1. The van der Waals surface area contributed by atoms with Gasteiger partial charge < -0.3 is 14.6 Å². The van der Waals surface area contributed by atoms with Crippen LogP contribution in [-0.2, 0) is 6.54 Å². The van der Waals surface area contributed by atoms with Crippen LogP contribution < -0.4 is 5.32 Å². The van der Waals surface area contributed by atoms with Crippen LogP contribution in [0.25, 0.3) is 0 Å². The lowest BCUT2D eigenvalue weighted by Crippen LogP contribution is -2.21. The molecule has 0 atom stereocenters. The summed E-state index contributed by atoms with van der Waals surface area (Å²) in [6, 6.07) is 9.44. The number of nitrogens with zero attached hydrogens (tertiary/aromatic N) is 1. The van der Waals surface area contributed by atoms with Crippen LogP contribution in [0.15, 0.2) is 41.0 Å². The maximum absolute atomic E-state index is 11.9. The van der Waals surface area contributed by atoms with Gasteiger partial charge in [-0.05, 0) is 36.8 Å². The third-order valence-electron chi connectivity index (χ3n) is 2.92. The van der Waals surface area contributed by atoms with Crippen molar-refractivity contribution in [2.24, 2.45) is 0 Å². The topological polar surface area (TPSA) is 45.5 Å². The summed E-state index contributed by atoms with van der Waals surface area (Å²) in [5.41, 5.74) is 2.73. The van der Waals surface area contributed by atoms with Crippen LogP contribution in [0.1, 0.15) is 21.7 Å². The molecule has 0 unspecified atom stereocenters. The molecule has 1 heterocycles. The van der Waals surface area contributed by atoms with Crippen LogP contribution in [-0.4, -0.2) is 24.9 Å². The van der Waals surface area contributed by atoms with Crippen molar-refractivity contribution >= 4 is 11.6 Å². The van der Waals surface area contributed by atoms with Crippen molar-refractivity contribution in [1.82, 2.24) is 4.90 Å². The van der Waals surface area contributed by atoms with Gasteiger partial charge in [0.25, 0.3) is 5.91 Å². The summed E-state index contributed by atoms with van der Waals surface area (Å²) in [6.07, 6.45) is 1.65. The van der Waals surface area contributed by atoms with E-state index in [2.05, 4.69) is 5.32 Å². The number of carbonyl (C=O) groups is 1. The molecule has 0 bridgehead atoms. The monoisotopic (exact) mass is 258 g/mol. The van der Waals surface area contributed by atoms with E-state index < -0.39 is 0 Å². The van der Waals surface area contributed by atoms with E-state index in [4.69, 9.17) is 4.42 Å². The molecule has 100 valence electrons. The quantitative estimate of drug-likeness (QED) is 0.917. The zero-order chi connectivity index (χ0) is 13.8. The van der Waals surface area contributed by atoms with Gasteiger partial charge in [-0.1, -0.05) is 6.07 Å². The Morgan fingerprint density at radius 2 is 2.11 bits per heavy atom. The summed E-state index contributed by atoms with van der Waals surface area (Å²) in [6.45, 7) is 2.61. The van der Waals surface area contributed by atoms with Gasteiger partial charge in [-0.2, -0.15) is 0 Å². The number of hydrogen-bond acceptors (Lipinski definition) is 3. The number of furan rings is 1. The second-order valence-corrected chi connectivity index (χ2v) is 4.66. The normalized spacial score (nSPS) is 10.3. The van der Waals surface area contributed by atoms with Crippen LogP contribution in [0, 0.1) is 6.92 Å². The molecule has 0 saturated heterocycles. The van der Waals surface area contributed by atoms with E-state index >= 15 is 0 Å². The van der Waals surface area contributed by atoms with Crippen molar-refractivity contribution in [3.8, 4) is 0 Å². The Balaban J connectivity index is 2.15. The fourth-order valence-electron chi connectivity index (χ4n) is 1.80. The van der Waals surface area contributed by atoms with Crippen molar-refractivity contribution in [1.29, 1.82) is 0 Å². The summed E-state index contributed by atoms with van der Waals surface area (Å²) in [7, 11) is 3.50. The van der Waals surface area contributed by atoms with E-state index in [-0.39, 0.29) is 5.91 Å². The van der Waals surface area contributed by atoms with E-state index in [1.54, 1.807) is 25.3 Å². The third-order valence-corrected chi connectivity index (χ3v) is 2.92. The van der Waals surface area contributed by atoms with Crippen molar-refractivity contribution in [2.75, 3.05) is 19.4 Å². The fourth-order valence-corrected chi connectivity index (χ4v) is 1.80. The predicted molar refractivity (Wildman–Crippen MR) is 75.2 cm³/mol. The van der Waals surface area contributed by atoms with Crippen LogP contribution in [0.3, 0.4) is 0 Å². The highest BCUT2D eigenvalue weighted by atomic mass is 16.3. The molecule has 2 rings (SSSR count). The highest BCUT2D eigenvalue weighted by Crippen LogP contribution is 2.18. The van der Waals surface area contributed by atoms with E-state index in [1.807, 2.05) is 37.3 Å². The number of nitrogens with one attached hydrogen (secondary N) is 1. The molecular formula is C15H18N2O2. The zero-order valence-electron chi connectivity index (χ0n) is 11.4. The molecule has 1 amide bonds. The summed E-state index contributed by atoms with van der Waals surface area (Å²) in [4.78, 5) is 13.5. The number of anilines is 1. The molecule has 1 aromatic heterocycles. The van der Waals surface area contributed by atoms with Gasteiger partial charge in [0.1, 0.15) is 5.76 Å². The molecule has 1 N–H and O–H groups in total. The molecule has 4 nitrogen and oxygen atoms in total. The Morgan fingerprint density at radius 3 is 2.74 bits per heavy atom. The first-order chi connectivity index (χ1) is 9.08. The number of aryl methyl sites for hydroxylation is 1. The maximum atomic E-state index is 11.9. The Morgan fingerprint density at radius 1 is 1.32 bits per heavy atom. The molecule has 0 aliphatic rings. The Hall–Kier alpha value is -2.23. The molecule has 0 saturated carbocycles. The number of rotatable bonds is 4. The molecule has 0 aliphatic heterocycles. The van der Waals surface area contributed by atoms with Gasteiger partial charge in [0.2, 0.25) is 0 Å². The van der Waals surface area contributed by atoms with Crippen LogP contribution in [0.2, 0.25) is 0 Å². The van der Waals surface area contributed by atoms with Crippen molar-refractivity contribution in [3.05, 3.63) is 53.5 Å². The lowest BCUT2D eigenvalue weighted by Gasteiger charge is -2.13. The lowest BCUT2D eigenvalue weighted by molar-refractivity contribution is 0.0827. The predicted octanol–water partition coefficient (Wildman–Crippen LogP) is 2.90. The third kappa shape index (κ3) is 3.16. The van der Waals surface area contributed by atoms with E-state index in [0.717, 1.165) is 17.0 Å². The van der Waals surface area contributed by atoms with E-state index in [0.29, 0.717) is 12.1 Å². The fraction of sp³-hybridized carbons (Fsp3) is 0.267. The van der Waals surface area contributed by atoms with Crippen molar-refractivity contribution in [2.45, 2.75) is 13.5 Å². The Bertz CT molecular complexity index is 560. The summed E-state index contributed by atoms with van der Waals surface area (Å²) >= 11 is 0. The minimum absolute atomic E-state index is 0.000971. The highest BCUT2D eigenvalue weighted by Gasteiger charge is 2.10. The first-order valence-corrected chi connectivity index (χ1v) is 6.16. The van der Waals surface area contributed by atoms with Gasteiger partial charge in [0.05, 0.1) is 12.8 Å². The Kier molecular flexibility index (Phi) is 3.90. The van der Waals surface area contributed by atoms with Gasteiger partial charge in [-0.15, -0.1) is 0 Å². The van der Waals surface area contributed by atoms with Crippen molar-refractivity contribution < 1.29 is 9.21 Å². The molecule has 2 aromatic rings. The zero-order valence-corrected chi connectivity index (χ0v) is 11.4. The summed E-state index contributed by atoms with van der Waals surface area (Å²) in [5, 5.41) is 3.29. The lowest BCUT2D eigenvalue weighted by atomic mass is 10.1. The summed E-state index contributed by atoms with van der Waals surface area (Å²) < 4.78 is 5.27. The first-order valence-electron chi connectivity index (χ1n) is 6.16. The SMILES string of the molecule is Cc1ccc(C(=O)N(C)C)cc1NCc1ccco1. The molecule has 4 heteroatoms. The smallest absolute Gasteiger partial charge is 0.253 e. The average Bonchev–Trinajstić information content (AvgIpc) is 2.90. The van der Waals surface area contributed by atoms with E-state index in [9.17, 15) is 4.79 Å². The minimum atomic E-state index is 0.000971. The molecular weight excluding hydrogens is 240 g/mol. The number of carbonyl (C=O) groups excluding carboxylic acids is 1. The standard InChI is InChI=1S/C15H18N2O2/c1-11-6-7-12(15(18)17(2)3)9-14(11)16-10-13-5-4-8-19-13/h4-9,16H,10H2,1-3H3. The van der Waals surface area contributed by atoms with Crippen LogP contribution in [0.4, 0.5) is 5.69 Å². The average molecular weight is 258 g/mol. The maximum Gasteiger partial charge on any atom is 0.253 e. The minimum Gasteiger partial charge on any atom is -0.467 e. The Labute approximate surface area is 113 Å². The molecule has 19 heavy (non-hydrogen) atoms. The molecule has 1 aromatic carbocycles. The molecule has 0 fully saturated rings. The second kappa shape index (κ2) is 5.61. The molecule has 0 aliphatic carbocycles. The number of hydrogen-bond donors (Lipinski definition) is 1. The van der Waals surface area contributed by atoms with Crippen molar-refractivity contribution in [3.63, 3.8) is 0 Å². The second-order valence-electron chi connectivity index (χ2n) is 4.66. The summed E-state index contributed by atoms with van der Waals surface area (Å²) in [5.74, 6) is 0.866. The van der Waals surface area contributed by atoms with Gasteiger partial charge in [0.15, 0.2) is 0 Å². The largest absolute Gasteiger partial charge is 0.467 e. The molecule has 0 radical (unpaired) electrons. The molecule has 0 spiro atoms. The van der Waals surface area contributed by atoms with E-state index in [1.165, 1.54) is 0 Å². The van der Waals surface area contributed by atoms with Gasteiger partial charge in [0, 0.05) is 25.3 Å².